The van der Waals surface area contributed by atoms with Crippen molar-refractivity contribution in [3.8, 4) is 0 Å². The summed E-state index contributed by atoms with van der Waals surface area (Å²) in [7, 11) is 2.15. The first-order valence-electron chi connectivity index (χ1n) is 6.76. The minimum absolute atomic E-state index is 0.431. The third kappa shape index (κ3) is 4.23. The van der Waals surface area contributed by atoms with E-state index in [1.165, 1.54) is 17.7 Å². The largest absolute Gasteiger partial charge is 0.377 e. The van der Waals surface area contributed by atoms with Gasteiger partial charge in [0, 0.05) is 37.3 Å². The number of rotatable bonds is 7. The van der Waals surface area contributed by atoms with Gasteiger partial charge in [0.25, 0.3) is 0 Å². The fourth-order valence-electron chi connectivity index (χ4n) is 2.16. The summed E-state index contributed by atoms with van der Waals surface area (Å²) >= 11 is 1.75. The maximum Gasteiger partial charge on any atom is 0.182 e. The zero-order valence-electron chi connectivity index (χ0n) is 11.3. The van der Waals surface area contributed by atoms with E-state index < -0.39 is 0 Å². The average molecular weight is 269 g/mol. The molecule has 1 aromatic rings. The van der Waals surface area contributed by atoms with Crippen molar-refractivity contribution in [1.82, 2.24) is 9.88 Å². The Morgan fingerprint density at radius 1 is 1.61 bits per heavy atom. The van der Waals surface area contributed by atoms with Crippen molar-refractivity contribution in [2.75, 3.05) is 32.1 Å². The molecule has 0 spiro atoms. The minimum atomic E-state index is 0.431. The normalized spacial score (nSPS) is 19.6. The van der Waals surface area contributed by atoms with Gasteiger partial charge in [-0.15, -0.1) is 11.3 Å². The summed E-state index contributed by atoms with van der Waals surface area (Å²) in [5.41, 5.74) is 0. The van der Waals surface area contributed by atoms with E-state index in [-0.39, 0.29) is 0 Å². The number of aromatic nitrogens is 1. The summed E-state index contributed by atoms with van der Waals surface area (Å²) in [6.45, 7) is 6.08. The molecule has 1 atom stereocenters. The van der Waals surface area contributed by atoms with Crippen LogP contribution in [0.4, 0.5) is 5.13 Å². The summed E-state index contributed by atoms with van der Waals surface area (Å²) < 4.78 is 5.65. The second-order valence-electron chi connectivity index (χ2n) is 4.89. The fourth-order valence-corrected chi connectivity index (χ4v) is 3.08. The quantitative estimate of drug-likeness (QED) is 0.825. The topological polar surface area (TPSA) is 37.4 Å². The molecule has 0 aromatic carbocycles. The smallest absolute Gasteiger partial charge is 0.182 e. The maximum absolute atomic E-state index is 5.65. The molecule has 0 amide bonds. The highest BCUT2D eigenvalue weighted by Crippen LogP contribution is 2.20. The van der Waals surface area contributed by atoms with Gasteiger partial charge in [-0.05, 0) is 26.3 Å². The van der Waals surface area contributed by atoms with Crippen molar-refractivity contribution in [2.24, 2.45) is 0 Å². The summed E-state index contributed by atoms with van der Waals surface area (Å²) in [4.78, 5) is 8.03. The Balaban J connectivity index is 1.75. The van der Waals surface area contributed by atoms with E-state index in [1.54, 1.807) is 11.3 Å². The van der Waals surface area contributed by atoms with Crippen LogP contribution in [0.15, 0.2) is 6.20 Å². The molecule has 2 rings (SSSR count). The highest BCUT2D eigenvalue weighted by Gasteiger charge is 2.17. The lowest BCUT2D eigenvalue weighted by atomic mass is 10.2. The molecule has 1 saturated heterocycles. The molecular formula is C13H23N3OS. The summed E-state index contributed by atoms with van der Waals surface area (Å²) in [5, 5.41) is 4.36. The van der Waals surface area contributed by atoms with Gasteiger partial charge in [-0.3, -0.25) is 4.90 Å². The highest BCUT2D eigenvalue weighted by atomic mass is 32.1. The SMILES string of the molecule is CCCNc1ncc(CN(C)CC2CCCO2)s1. The van der Waals surface area contributed by atoms with Crippen LogP contribution >= 0.6 is 11.3 Å². The summed E-state index contributed by atoms with van der Waals surface area (Å²) in [6.07, 6.45) is 5.96. The first kappa shape index (κ1) is 13.8. The lowest BCUT2D eigenvalue weighted by Crippen LogP contribution is -2.27. The van der Waals surface area contributed by atoms with Crippen molar-refractivity contribution in [3.05, 3.63) is 11.1 Å². The Bertz CT molecular complexity index is 350. The molecule has 18 heavy (non-hydrogen) atoms. The standard InChI is InChI=1S/C13H23N3OS/c1-3-6-14-13-15-8-12(18-13)10-16(2)9-11-5-4-7-17-11/h8,11H,3-7,9-10H2,1-2H3,(H,14,15). The molecule has 0 radical (unpaired) electrons. The van der Waals surface area contributed by atoms with Gasteiger partial charge in [-0.1, -0.05) is 6.92 Å². The van der Waals surface area contributed by atoms with Crippen LogP contribution in [0.5, 0.6) is 0 Å². The van der Waals surface area contributed by atoms with Crippen LogP contribution in [0.25, 0.3) is 0 Å². The van der Waals surface area contributed by atoms with E-state index in [2.05, 4.69) is 29.2 Å². The van der Waals surface area contributed by atoms with Crippen LogP contribution in [-0.2, 0) is 11.3 Å². The molecule has 2 heterocycles. The second kappa shape index (κ2) is 7.07. The van der Waals surface area contributed by atoms with Crippen LogP contribution in [0, 0.1) is 0 Å². The molecule has 0 bridgehead atoms. The first-order chi connectivity index (χ1) is 8.78. The van der Waals surface area contributed by atoms with Crippen molar-refractivity contribution in [2.45, 2.75) is 38.8 Å². The van der Waals surface area contributed by atoms with Gasteiger partial charge < -0.3 is 10.1 Å². The Morgan fingerprint density at radius 2 is 2.50 bits per heavy atom. The van der Waals surface area contributed by atoms with Gasteiger partial charge in [0.2, 0.25) is 0 Å². The van der Waals surface area contributed by atoms with Gasteiger partial charge in [-0.2, -0.15) is 0 Å². The minimum Gasteiger partial charge on any atom is -0.377 e. The average Bonchev–Trinajstić information content (AvgIpc) is 2.98. The molecule has 1 aliphatic heterocycles. The number of nitrogens with one attached hydrogen (secondary N) is 1. The van der Waals surface area contributed by atoms with Crippen LogP contribution in [0.3, 0.4) is 0 Å². The predicted octanol–water partition coefficient (Wildman–Crippen LogP) is 2.58. The molecule has 1 unspecified atom stereocenters. The monoisotopic (exact) mass is 269 g/mol. The van der Waals surface area contributed by atoms with Gasteiger partial charge in [-0.25, -0.2) is 4.98 Å². The molecule has 102 valence electrons. The predicted molar refractivity (Wildman–Crippen MR) is 76.2 cm³/mol. The molecule has 0 saturated carbocycles. The first-order valence-corrected chi connectivity index (χ1v) is 7.58. The molecule has 0 aliphatic carbocycles. The van der Waals surface area contributed by atoms with Crippen molar-refractivity contribution in [1.29, 1.82) is 0 Å². The van der Waals surface area contributed by atoms with Crippen LogP contribution in [-0.4, -0.2) is 42.7 Å². The lowest BCUT2D eigenvalue weighted by molar-refractivity contribution is 0.0796. The van der Waals surface area contributed by atoms with Gasteiger partial charge in [0.15, 0.2) is 5.13 Å². The molecule has 1 aromatic heterocycles. The number of anilines is 1. The maximum atomic E-state index is 5.65. The van der Waals surface area contributed by atoms with Crippen molar-refractivity contribution < 1.29 is 4.74 Å². The van der Waals surface area contributed by atoms with E-state index in [9.17, 15) is 0 Å². The number of hydrogen-bond donors (Lipinski definition) is 1. The molecule has 1 aliphatic rings. The van der Waals surface area contributed by atoms with E-state index in [4.69, 9.17) is 4.74 Å². The molecule has 4 nitrogen and oxygen atoms in total. The van der Waals surface area contributed by atoms with Gasteiger partial charge in [0.1, 0.15) is 0 Å². The molecule has 1 fully saturated rings. The van der Waals surface area contributed by atoms with Gasteiger partial charge in [0.05, 0.1) is 6.10 Å². The van der Waals surface area contributed by atoms with Crippen LogP contribution in [0.2, 0.25) is 0 Å². The Hall–Kier alpha value is -0.650. The molecular weight excluding hydrogens is 246 g/mol. The van der Waals surface area contributed by atoms with E-state index in [0.717, 1.165) is 37.8 Å². The third-order valence-corrected chi connectivity index (χ3v) is 3.98. The molecule has 5 heteroatoms. The van der Waals surface area contributed by atoms with Crippen LogP contribution < -0.4 is 5.32 Å². The third-order valence-electron chi connectivity index (χ3n) is 3.04. The van der Waals surface area contributed by atoms with Crippen molar-refractivity contribution >= 4 is 16.5 Å². The number of hydrogen-bond acceptors (Lipinski definition) is 5. The van der Waals surface area contributed by atoms with E-state index in [0.29, 0.717) is 6.10 Å². The second-order valence-corrected chi connectivity index (χ2v) is 6.01. The van der Waals surface area contributed by atoms with Crippen LogP contribution in [0.1, 0.15) is 31.1 Å². The van der Waals surface area contributed by atoms with E-state index in [1.807, 2.05) is 6.20 Å². The zero-order valence-corrected chi connectivity index (χ0v) is 12.1. The Labute approximate surface area is 113 Å². The lowest BCUT2D eigenvalue weighted by Gasteiger charge is -2.19. The summed E-state index contributed by atoms with van der Waals surface area (Å²) in [5.74, 6) is 0. The fraction of sp³-hybridized carbons (Fsp3) is 0.769. The van der Waals surface area contributed by atoms with Gasteiger partial charge >= 0.3 is 0 Å². The Morgan fingerprint density at radius 3 is 3.22 bits per heavy atom. The Kier molecular flexibility index (Phi) is 5.41. The number of nitrogens with zero attached hydrogens (tertiary/aromatic N) is 2. The van der Waals surface area contributed by atoms with E-state index >= 15 is 0 Å². The number of ether oxygens (including phenoxy) is 1. The molecule has 1 N–H and O–H groups in total. The number of likely N-dealkylation sites (N-methyl/N-ethyl adjacent to an activating group) is 1. The highest BCUT2D eigenvalue weighted by molar-refractivity contribution is 7.15. The number of thiazole rings is 1. The summed E-state index contributed by atoms with van der Waals surface area (Å²) in [6, 6.07) is 0. The zero-order chi connectivity index (χ0) is 12.8. The van der Waals surface area contributed by atoms with Crippen molar-refractivity contribution in [3.63, 3.8) is 0 Å².